The normalized spacial score (nSPS) is 17.7. The monoisotopic (exact) mass is 387 g/mol. The molecule has 0 radical (unpaired) electrons. The van der Waals surface area contributed by atoms with Crippen molar-refractivity contribution < 1.29 is 26.3 Å². The van der Waals surface area contributed by atoms with E-state index in [2.05, 4.69) is 20.7 Å². The number of halogens is 4. The summed E-state index contributed by atoms with van der Waals surface area (Å²) in [7, 11) is -3.70. The summed E-state index contributed by atoms with van der Waals surface area (Å²) in [5.41, 5.74) is 0. The van der Waals surface area contributed by atoms with E-state index < -0.39 is 22.1 Å². The number of alkyl halides is 3. The van der Waals surface area contributed by atoms with Crippen LogP contribution in [-0.4, -0.2) is 32.2 Å². The average molecular weight is 388 g/mol. The second-order valence-corrected chi connectivity index (χ2v) is 7.37. The lowest BCUT2D eigenvalue weighted by molar-refractivity contribution is -0.274. The van der Waals surface area contributed by atoms with Crippen LogP contribution in [0.3, 0.4) is 0 Å². The van der Waals surface area contributed by atoms with Crippen LogP contribution in [0.2, 0.25) is 0 Å². The van der Waals surface area contributed by atoms with E-state index in [0.29, 0.717) is 13.1 Å². The van der Waals surface area contributed by atoms with Gasteiger partial charge in [0.25, 0.3) is 0 Å². The van der Waals surface area contributed by atoms with Gasteiger partial charge in [-0.15, -0.1) is 13.2 Å². The zero-order valence-electron chi connectivity index (χ0n) is 10.9. The van der Waals surface area contributed by atoms with Gasteiger partial charge in [-0.1, -0.05) is 6.42 Å². The molecule has 21 heavy (non-hydrogen) atoms. The number of hydrogen-bond acceptors (Lipinski definition) is 3. The molecule has 0 atom stereocenters. The second kappa shape index (κ2) is 6.13. The molecular weight excluding hydrogens is 375 g/mol. The molecule has 0 aliphatic carbocycles. The van der Waals surface area contributed by atoms with Gasteiger partial charge in [0.2, 0.25) is 10.0 Å². The lowest BCUT2D eigenvalue weighted by Crippen LogP contribution is -2.35. The largest absolute Gasteiger partial charge is 0.573 e. The Balaban J connectivity index is 2.28. The first-order valence-corrected chi connectivity index (χ1v) is 8.49. The van der Waals surface area contributed by atoms with Crippen LogP contribution in [0.1, 0.15) is 19.3 Å². The van der Waals surface area contributed by atoms with Crippen molar-refractivity contribution in [2.75, 3.05) is 13.1 Å². The van der Waals surface area contributed by atoms with Crippen LogP contribution in [0.5, 0.6) is 5.75 Å². The highest BCUT2D eigenvalue weighted by atomic mass is 79.9. The van der Waals surface area contributed by atoms with E-state index >= 15 is 0 Å². The maximum Gasteiger partial charge on any atom is 0.573 e. The fourth-order valence-electron chi connectivity index (χ4n) is 2.13. The number of nitrogens with zero attached hydrogens (tertiary/aromatic N) is 1. The SMILES string of the molecule is O=S(=O)(c1ccc(OC(F)(F)F)cc1Br)N1CCCCC1. The zero-order chi connectivity index (χ0) is 15.7. The van der Waals surface area contributed by atoms with Gasteiger partial charge in [-0.25, -0.2) is 8.42 Å². The summed E-state index contributed by atoms with van der Waals surface area (Å²) in [5, 5.41) is 0. The van der Waals surface area contributed by atoms with Crippen molar-refractivity contribution >= 4 is 26.0 Å². The van der Waals surface area contributed by atoms with Crippen LogP contribution >= 0.6 is 15.9 Å². The Bertz CT molecular complexity index is 613. The molecule has 118 valence electrons. The van der Waals surface area contributed by atoms with E-state index in [9.17, 15) is 21.6 Å². The van der Waals surface area contributed by atoms with Gasteiger partial charge in [-0.3, -0.25) is 0 Å². The van der Waals surface area contributed by atoms with Gasteiger partial charge >= 0.3 is 6.36 Å². The van der Waals surface area contributed by atoms with Gasteiger partial charge < -0.3 is 4.74 Å². The quantitative estimate of drug-likeness (QED) is 0.796. The van der Waals surface area contributed by atoms with E-state index in [4.69, 9.17) is 0 Å². The highest BCUT2D eigenvalue weighted by Crippen LogP contribution is 2.32. The number of hydrogen-bond donors (Lipinski definition) is 0. The van der Waals surface area contributed by atoms with Gasteiger partial charge in [-0.05, 0) is 47.0 Å². The van der Waals surface area contributed by atoms with E-state index in [1.54, 1.807) is 0 Å². The fraction of sp³-hybridized carbons (Fsp3) is 0.500. The summed E-state index contributed by atoms with van der Waals surface area (Å²) in [6.45, 7) is 0.852. The van der Waals surface area contributed by atoms with Crippen LogP contribution in [0, 0.1) is 0 Å². The topological polar surface area (TPSA) is 46.6 Å². The molecule has 1 aliphatic rings. The third-order valence-corrected chi connectivity index (χ3v) is 5.95. The van der Waals surface area contributed by atoms with E-state index in [0.717, 1.165) is 37.5 Å². The number of ether oxygens (including phenoxy) is 1. The first-order valence-electron chi connectivity index (χ1n) is 6.25. The van der Waals surface area contributed by atoms with Crippen LogP contribution < -0.4 is 4.74 Å². The Hall–Kier alpha value is -0.800. The molecule has 0 spiro atoms. The smallest absolute Gasteiger partial charge is 0.406 e. The highest BCUT2D eigenvalue weighted by Gasteiger charge is 2.32. The standard InChI is InChI=1S/C12H13BrF3NO3S/c13-10-8-9(20-12(14,15)16)4-5-11(10)21(18,19)17-6-2-1-3-7-17/h4-5,8H,1-3,6-7H2. The summed E-state index contributed by atoms with van der Waals surface area (Å²) < 4.78 is 66.4. The second-order valence-electron chi connectivity index (χ2n) is 4.60. The Morgan fingerprint density at radius 2 is 1.76 bits per heavy atom. The average Bonchev–Trinajstić information content (AvgIpc) is 2.37. The number of rotatable bonds is 3. The Morgan fingerprint density at radius 1 is 1.14 bits per heavy atom. The fourth-order valence-corrected chi connectivity index (χ4v) is 4.67. The molecule has 0 amide bonds. The molecule has 2 rings (SSSR count). The first-order chi connectivity index (χ1) is 9.70. The summed E-state index contributed by atoms with van der Waals surface area (Å²) in [5.74, 6) is -0.466. The molecule has 1 aliphatic heterocycles. The van der Waals surface area contributed by atoms with Gasteiger partial charge in [0.1, 0.15) is 5.75 Å². The van der Waals surface area contributed by atoms with Crippen LogP contribution in [0.4, 0.5) is 13.2 Å². The van der Waals surface area contributed by atoms with Gasteiger partial charge in [-0.2, -0.15) is 4.31 Å². The molecule has 1 heterocycles. The maximum atomic E-state index is 12.4. The first kappa shape index (κ1) is 16.6. The summed E-state index contributed by atoms with van der Waals surface area (Å²) >= 11 is 3.00. The van der Waals surface area contributed by atoms with Crippen molar-refractivity contribution in [2.45, 2.75) is 30.5 Å². The molecule has 0 N–H and O–H groups in total. The predicted octanol–water partition coefficient (Wildman–Crippen LogP) is 3.52. The van der Waals surface area contributed by atoms with Crippen molar-refractivity contribution in [3.63, 3.8) is 0 Å². The van der Waals surface area contributed by atoms with Crippen molar-refractivity contribution in [3.05, 3.63) is 22.7 Å². The Kier molecular flexibility index (Phi) is 4.84. The lowest BCUT2D eigenvalue weighted by Gasteiger charge is -2.26. The molecule has 1 aromatic rings. The zero-order valence-corrected chi connectivity index (χ0v) is 13.3. The third-order valence-electron chi connectivity index (χ3n) is 3.07. The van der Waals surface area contributed by atoms with Gasteiger partial charge in [0.05, 0.1) is 4.90 Å². The van der Waals surface area contributed by atoms with Gasteiger partial charge in [0.15, 0.2) is 0 Å². The molecule has 0 saturated carbocycles. The van der Waals surface area contributed by atoms with Crippen molar-refractivity contribution in [1.82, 2.24) is 4.31 Å². The summed E-state index contributed by atoms with van der Waals surface area (Å²) in [6, 6.07) is 3.12. The molecule has 4 nitrogen and oxygen atoms in total. The van der Waals surface area contributed by atoms with Crippen molar-refractivity contribution in [1.29, 1.82) is 0 Å². The van der Waals surface area contributed by atoms with Crippen LogP contribution in [0.15, 0.2) is 27.6 Å². The van der Waals surface area contributed by atoms with Crippen LogP contribution in [-0.2, 0) is 10.0 Å². The molecular formula is C12H13BrF3NO3S. The minimum absolute atomic E-state index is 0.0508. The molecule has 0 aromatic heterocycles. The summed E-state index contributed by atoms with van der Waals surface area (Å²) in [4.78, 5) is -0.0566. The minimum atomic E-state index is -4.81. The Labute approximate surface area is 129 Å². The predicted molar refractivity (Wildman–Crippen MR) is 73.4 cm³/mol. The van der Waals surface area contributed by atoms with E-state index in [1.165, 1.54) is 4.31 Å². The minimum Gasteiger partial charge on any atom is -0.406 e. The van der Waals surface area contributed by atoms with E-state index in [-0.39, 0.29) is 9.37 Å². The highest BCUT2D eigenvalue weighted by molar-refractivity contribution is 9.10. The molecule has 0 bridgehead atoms. The Morgan fingerprint density at radius 3 is 2.29 bits per heavy atom. The summed E-state index contributed by atoms with van der Waals surface area (Å²) in [6.07, 6.45) is -2.27. The maximum absolute atomic E-state index is 12.4. The number of sulfonamides is 1. The van der Waals surface area contributed by atoms with Crippen LogP contribution in [0.25, 0.3) is 0 Å². The molecule has 1 aromatic carbocycles. The number of benzene rings is 1. The van der Waals surface area contributed by atoms with Gasteiger partial charge in [0, 0.05) is 17.6 Å². The molecule has 0 unspecified atom stereocenters. The van der Waals surface area contributed by atoms with E-state index in [1.807, 2.05) is 0 Å². The van der Waals surface area contributed by atoms with Crippen molar-refractivity contribution in [3.8, 4) is 5.75 Å². The lowest BCUT2D eigenvalue weighted by atomic mass is 10.2. The molecule has 9 heteroatoms. The third kappa shape index (κ3) is 4.10. The van der Waals surface area contributed by atoms with Crippen molar-refractivity contribution in [2.24, 2.45) is 0 Å². The number of piperidine rings is 1. The molecule has 1 saturated heterocycles. The molecule has 1 fully saturated rings.